The predicted octanol–water partition coefficient (Wildman–Crippen LogP) is 1.47. The number of nitrogens with two attached hydrogens (primary N) is 1. The first kappa shape index (κ1) is 10.7. The largest absolute Gasteiger partial charge is 0.326 e. The highest BCUT2D eigenvalue weighted by Gasteiger charge is 2.21. The van der Waals surface area contributed by atoms with Crippen molar-refractivity contribution >= 4 is 0 Å². The lowest BCUT2D eigenvalue weighted by atomic mass is 9.86. The van der Waals surface area contributed by atoms with E-state index >= 15 is 0 Å². The first-order chi connectivity index (χ1) is 7.27. The Hall–Kier alpha value is -0.860. The van der Waals surface area contributed by atoms with Crippen LogP contribution in [-0.2, 0) is 6.42 Å². The lowest BCUT2D eigenvalue weighted by Gasteiger charge is -2.29. The van der Waals surface area contributed by atoms with Crippen molar-refractivity contribution in [2.24, 2.45) is 11.7 Å². The summed E-state index contributed by atoms with van der Waals surface area (Å²) < 4.78 is 0. The molecule has 3 N–H and O–H groups in total. The molecule has 2 heteroatoms. The fourth-order valence-corrected chi connectivity index (χ4v) is 2.31. The van der Waals surface area contributed by atoms with Crippen LogP contribution in [-0.4, -0.2) is 19.1 Å². The van der Waals surface area contributed by atoms with Crippen LogP contribution in [0.3, 0.4) is 0 Å². The summed E-state index contributed by atoms with van der Waals surface area (Å²) in [6.45, 7) is 4.27. The Morgan fingerprint density at radius 1 is 1.40 bits per heavy atom. The van der Waals surface area contributed by atoms with E-state index in [1.165, 1.54) is 17.5 Å². The van der Waals surface area contributed by atoms with Gasteiger partial charge in [-0.05, 0) is 43.4 Å². The molecule has 1 aromatic rings. The third-order valence-electron chi connectivity index (χ3n) is 3.42. The summed E-state index contributed by atoms with van der Waals surface area (Å²) in [7, 11) is 0. The Labute approximate surface area is 91.9 Å². The summed E-state index contributed by atoms with van der Waals surface area (Å²) >= 11 is 0. The summed E-state index contributed by atoms with van der Waals surface area (Å²) in [4.78, 5) is 0. The van der Waals surface area contributed by atoms with Gasteiger partial charge in [0.1, 0.15) is 0 Å². The standard InChI is InChI=1S/C13H20N2/c1-10-4-2-3-5-11(10)8-12-6-7-15-9-13(12)14/h2-5,12-13,15H,6-9,14H2,1H3. The predicted molar refractivity (Wildman–Crippen MR) is 63.8 cm³/mol. The van der Waals surface area contributed by atoms with Gasteiger partial charge in [-0.15, -0.1) is 0 Å². The van der Waals surface area contributed by atoms with E-state index in [2.05, 4.69) is 36.5 Å². The van der Waals surface area contributed by atoms with Crippen molar-refractivity contribution < 1.29 is 0 Å². The van der Waals surface area contributed by atoms with Crippen molar-refractivity contribution in [1.82, 2.24) is 5.32 Å². The number of piperidine rings is 1. The third kappa shape index (κ3) is 2.58. The second-order valence-electron chi connectivity index (χ2n) is 4.55. The van der Waals surface area contributed by atoms with Gasteiger partial charge in [0.2, 0.25) is 0 Å². The zero-order chi connectivity index (χ0) is 10.7. The topological polar surface area (TPSA) is 38.0 Å². The highest BCUT2D eigenvalue weighted by Crippen LogP contribution is 2.19. The first-order valence-corrected chi connectivity index (χ1v) is 5.78. The van der Waals surface area contributed by atoms with Gasteiger partial charge in [0.15, 0.2) is 0 Å². The Balaban J connectivity index is 2.04. The first-order valence-electron chi connectivity index (χ1n) is 5.78. The molecule has 0 aromatic heterocycles. The van der Waals surface area contributed by atoms with Gasteiger partial charge in [0.05, 0.1) is 0 Å². The zero-order valence-electron chi connectivity index (χ0n) is 9.37. The Morgan fingerprint density at radius 2 is 2.20 bits per heavy atom. The Kier molecular flexibility index (Phi) is 3.39. The molecule has 15 heavy (non-hydrogen) atoms. The molecule has 2 unspecified atom stereocenters. The number of aryl methyl sites for hydroxylation is 1. The monoisotopic (exact) mass is 204 g/mol. The van der Waals surface area contributed by atoms with Crippen molar-refractivity contribution in [3.63, 3.8) is 0 Å². The van der Waals surface area contributed by atoms with Gasteiger partial charge in [-0.25, -0.2) is 0 Å². The van der Waals surface area contributed by atoms with E-state index in [0.717, 1.165) is 19.5 Å². The van der Waals surface area contributed by atoms with E-state index in [-0.39, 0.29) is 0 Å². The zero-order valence-corrected chi connectivity index (χ0v) is 9.37. The van der Waals surface area contributed by atoms with E-state index in [4.69, 9.17) is 5.73 Å². The molecule has 0 saturated carbocycles. The third-order valence-corrected chi connectivity index (χ3v) is 3.42. The lowest BCUT2D eigenvalue weighted by molar-refractivity contribution is 0.322. The smallest absolute Gasteiger partial charge is 0.0197 e. The molecule has 1 aliphatic rings. The molecule has 1 fully saturated rings. The van der Waals surface area contributed by atoms with Crippen molar-refractivity contribution in [1.29, 1.82) is 0 Å². The highest BCUT2D eigenvalue weighted by atomic mass is 14.9. The van der Waals surface area contributed by atoms with E-state index < -0.39 is 0 Å². The molecule has 1 saturated heterocycles. The molecule has 2 atom stereocenters. The fraction of sp³-hybridized carbons (Fsp3) is 0.538. The van der Waals surface area contributed by atoms with Crippen molar-refractivity contribution in [2.75, 3.05) is 13.1 Å². The number of hydrogen-bond donors (Lipinski definition) is 2. The summed E-state index contributed by atoms with van der Waals surface area (Å²) in [5.74, 6) is 0.646. The molecule has 82 valence electrons. The van der Waals surface area contributed by atoms with Crippen LogP contribution < -0.4 is 11.1 Å². The molecular weight excluding hydrogens is 184 g/mol. The summed E-state index contributed by atoms with van der Waals surface area (Å²) in [6.07, 6.45) is 2.34. The van der Waals surface area contributed by atoms with Gasteiger partial charge in [-0.3, -0.25) is 0 Å². The SMILES string of the molecule is Cc1ccccc1CC1CCNCC1N. The van der Waals surface area contributed by atoms with Gasteiger partial charge in [0.25, 0.3) is 0 Å². The maximum atomic E-state index is 6.11. The van der Waals surface area contributed by atoms with Crippen LogP contribution in [0.5, 0.6) is 0 Å². The van der Waals surface area contributed by atoms with Crippen LogP contribution in [0, 0.1) is 12.8 Å². The van der Waals surface area contributed by atoms with Crippen molar-refractivity contribution in [3.8, 4) is 0 Å². The molecule has 0 radical (unpaired) electrons. The Morgan fingerprint density at radius 3 is 2.93 bits per heavy atom. The van der Waals surface area contributed by atoms with Gasteiger partial charge < -0.3 is 11.1 Å². The van der Waals surface area contributed by atoms with Gasteiger partial charge in [-0.2, -0.15) is 0 Å². The van der Waals surface area contributed by atoms with Crippen LogP contribution in [0.4, 0.5) is 0 Å². The molecule has 0 aliphatic carbocycles. The van der Waals surface area contributed by atoms with Crippen LogP contribution in [0.25, 0.3) is 0 Å². The highest BCUT2D eigenvalue weighted by molar-refractivity contribution is 5.26. The number of hydrogen-bond acceptors (Lipinski definition) is 2. The minimum absolute atomic E-state index is 0.318. The lowest BCUT2D eigenvalue weighted by Crippen LogP contribution is -2.46. The van der Waals surface area contributed by atoms with Gasteiger partial charge >= 0.3 is 0 Å². The second kappa shape index (κ2) is 4.77. The fourth-order valence-electron chi connectivity index (χ4n) is 2.31. The van der Waals surface area contributed by atoms with Crippen LogP contribution in [0.2, 0.25) is 0 Å². The number of rotatable bonds is 2. The molecule has 1 aromatic carbocycles. The number of benzene rings is 1. The molecule has 1 aliphatic heterocycles. The van der Waals surface area contributed by atoms with Crippen LogP contribution >= 0.6 is 0 Å². The molecule has 0 spiro atoms. The summed E-state index contributed by atoms with van der Waals surface area (Å²) in [5.41, 5.74) is 8.96. The minimum Gasteiger partial charge on any atom is -0.326 e. The van der Waals surface area contributed by atoms with Gasteiger partial charge in [0, 0.05) is 12.6 Å². The van der Waals surface area contributed by atoms with E-state index in [1.54, 1.807) is 0 Å². The van der Waals surface area contributed by atoms with E-state index in [0.29, 0.717) is 12.0 Å². The molecule has 2 nitrogen and oxygen atoms in total. The van der Waals surface area contributed by atoms with Crippen molar-refractivity contribution in [3.05, 3.63) is 35.4 Å². The molecule has 1 heterocycles. The van der Waals surface area contributed by atoms with Gasteiger partial charge in [-0.1, -0.05) is 24.3 Å². The van der Waals surface area contributed by atoms with E-state index in [1.807, 2.05) is 0 Å². The molecule has 0 amide bonds. The average Bonchev–Trinajstić information content (AvgIpc) is 2.24. The summed E-state index contributed by atoms with van der Waals surface area (Å²) in [6, 6.07) is 8.95. The van der Waals surface area contributed by atoms with Crippen molar-refractivity contribution in [2.45, 2.75) is 25.8 Å². The number of nitrogens with one attached hydrogen (secondary N) is 1. The molecule has 0 bridgehead atoms. The maximum absolute atomic E-state index is 6.11. The normalized spacial score (nSPS) is 26.5. The molecule has 2 rings (SSSR count). The van der Waals surface area contributed by atoms with E-state index in [9.17, 15) is 0 Å². The quantitative estimate of drug-likeness (QED) is 0.765. The Bertz CT molecular complexity index is 322. The molecular formula is C13H20N2. The minimum atomic E-state index is 0.318. The summed E-state index contributed by atoms with van der Waals surface area (Å²) in [5, 5.41) is 3.34. The van der Waals surface area contributed by atoms with Crippen LogP contribution in [0.1, 0.15) is 17.5 Å². The second-order valence-corrected chi connectivity index (χ2v) is 4.55. The van der Waals surface area contributed by atoms with Crippen LogP contribution in [0.15, 0.2) is 24.3 Å². The maximum Gasteiger partial charge on any atom is 0.0197 e. The average molecular weight is 204 g/mol.